The average molecular weight is 253 g/mol. The van der Waals surface area contributed by atoms with E-state index in [0.29, 0.717) is 18.8 Å². The van der Waals surface area contributed by atoms with Gasteiger partial charge in [-0.3, -0.25) is 4.79 Å². The highest BCUT2D eigenvalue weighted by atomic mass is 16.4. The Hall–Kier alpha value is -1.26. The molecule has 0 bridgehead atoms. The number of rotatable bonds is 4. The molecule has 2 unspecified atom stereocenters. The number of nitrogens with zero attached hydrogens (tertiary/aromatic N) is 1. The van der Waals surface area contributed by atoms with Gasteiger partial charge in [-0.15, -0.1) is 0 Å². The molecule has 2 aliphatic carbocycles. The Bertz CT molecular complexity index is 350. The summed E-state index contributed by atoms with van der Waals surface area (Å²) in [5.41, 5.74) is 4.87. The van der Waals surface area contributed by atoms with Crippen molar-refractivity contribution in [2.24, 2.45) is 28.1 Å². The third-order valence-corrected chi connectivity index (χ3v) is 4.38. The Balaban J connectivity index is 1.82. The molecular formula is C13H23N3O2. The van der Waals surface area contributed by atoms with Crippen molar-refractivity contribution in [2.45, 2.75) is 45.4 Å². The second kappa shape index (κ2) is 5.16. The summed E-state index contributed by atoms with van der Waals surface area (Å²) in [5, 5.41) is 14.7. The van der Waals surface area contributed by atoms with Crippen molar-refractivity contribution in [3.05, 3.63) is 0 Å². The topological polar surface area (TPSA) is 87.7 Å². The van der Waals surface area contributed by atoms with E-state index in [1.807, 2.05) is 0 Å². The highest BCUT2D eigenvalue weighted by Gasteiger charge is 2.54. The van der Waals surface area contributed by atoms with E-state index in [-0.39, 0.29) is 11.7 Å². The molecule has 0 aromatic rings. The maximum Gasteiger partial charge on any atom is 0.233 e. The Kier molecular flexibility index (Phi) is 3.78. The maximum absolute atomic E-state index is 12.1. The molecule has 0 heterocycles. The first-order valence-electron chi connectivity index (χ1n) is 6.85. The van der Waals surface area contributed by atoms with Gasteiger partial charge in [0, 0.05) is 6.54 Å². The molecule has 0 aliphatic heterocycles. The predicted molar refractivity (Wildman–Crippen MR) is 69.2 cm³/mol. The number of carbonyl (C=O) groups excluding carboxylic acids is 1. The first-order chi connectivity index (χ1) is 8.58. The Labute approximate surface area is 108 Å². The summed E-state index contributed by atoms with van der Waals surface area (Å²) in [4.78, 5) is 12.1. The van der Waals surface area contributed by atoms with Gasteiger partial charge in [-0.05, 0) is 37.5 Å². The van der Waals surface area contributed by atoms with Crippen molar-refractivity contribution < 1.29 is 10.0 Å². The number of hydrogen-bond donors (Lipinski definition) is 3. The van der Waals surface area contributed by atoms with Crippen LogP contribution in [0, 0.1) is 17.3 Å². The van der Waals surface area contributed by atoms with Gasteiger partial charge in [0.2, 0.25) is 5.91 Å². The zero-order chi connectivity index (χ0) is 13.2. The van der Waals surface area contributed by atoms with Gasteiger partial charge in [0.15, 0.2) is 5.84 Å². The highest BCUT2D eigenvalue weighted by molar-refractivity contribution is 6.09. The summed E-state index contributed by atoms with van der Waals surface area (Å²) in [5.74, 6) is 1.33. The van der Waals surface area contributed by atoms with Crippen LogP contribution in [-0.4, -0.2) is 23.5 Å². The van der Waals surface area contributed by atoms with Gasteiger partial charge in [0.25, 0.3) is 0 Å². The van der Waals surface area contributed by atoms with E-state index in [2.05, 4.69) is 17.4 Å². The van der Waals surface area contributed by atoms with Crippen LogP contribution in [-0.2, 0) is 4.79 Å². The largest absolute Gasteiger partial charge is 0.409 e. The summed E-state index contributed by atoms with van der Waals surface area (Å²) in [6.45, 7) is 3.00. The molecule has 2 rings (SSSR count). The Morgan fingerprint density at radius 3 is 2.78 bits per heavy atom. The molecule has 0 aromatic carbocycles. The lowest BCUT2D eigenvalue weighted by molar-refractivity contribution is -0.124. The number of hydrogen-bond acceptors (Lipinski definition) is 3. The van der Waals surface area contributed by atoms with Crippen LogP contribution >= 0.6 is 0 Å². The molecule has 4 N–H and O–H groups in total. The molecule has 5 nitrogen and oxygen atoms in total. The van der Waals surface area contributed by atoms with Gasteiger partial charge < -0.3 is 16.3 Å². The number of carbonyl (C=O) groups is 1. The summed E-state index contributed by atoms with van der Waals surface area (Å²) in [7, 11) is 0. The number of amides is 1. The third-order valence-electron chi connectivity index (χ3n) is 4.38. The Morgan fingerprint density at radius 1 is 1.50 bits per heavy atom. The van der Waals surface area contributed by atoms with Crippen LogP contribution in [0.5, 0.6) is 0 Å². The molecule has 2 aliphatic rings. The molecule has 0 spiro atoms. The normalized spacial score (nSPS) is 30.8. The van der Waals surface area contributed by atoms with E-state index in [4.69, 9.17) is 10.9 Å². The van der Waals surface area contributed by atoms with Gasteiger partial charge in [0.1, 0.15) is 5.41 Å². The number of amidine groups is 1. The van der Waals surface area contributed by atoms with Gasteiger partial charge in [0.05, 0.1) is 0 Å². The molecule has 18 heavy (non-hydrogen) atoms. The minimum Gasteiger partial charge on any atom is -0.409 e. The van der Waals surface area contributed by atoms with Crippen LogP contribution in [0.25, 0.3) is 0 Å². The summed E-state index contributed by atoms with van der Waals surface area (Å²) >= 11 is 0. The first kappa shape index (κ1) is 13.2. The first-order valence-corrected chi connectivity index (χ1v) is 6.85. The van der Waals surface area contributed by atoms with Crippen LogP contribution in [0.4, 0.5) is 0 Å². The molecule has 2 fully saturated rings. The SMILES string of the molecule is CC1CCCC(CNC(=O)C2(C(N)=NO)CC2)C1. The Morgan fingerprint density at radius 2 is 2.22 bits per heavy atom. The van der Waals surface area contributed by atoms with Crippen LogP contribution in [0.2, 0.25) is 0 Å². The second-order valence-corrected chi connectivity index (χ2v) is 5.92. The molecule has 2 atom stereocenters. The predicted octanol–water partition coefficient (Wildman–Crippen LogP) is 1.46. The van der Waals surface area contributed by atoms with E-state index in [0.717, 1.165) is 12.5 Å². The van der Waals surface area contributed by atoms with Crippen molar-refractivity contribution >= 4 is 11.7 Å². The molecule has 0 radical (unpaired) electrons. The molecule has 0 aromatic heterocycles. The minimum absolute atomic E-state index is 0.0528. The molecule has 0 saturated heterocycles. The quantitative estimate of drug-likeness (QED) is 0.307. The minimum atomic E-state index is -0.713. The molecular weight excluding hydrogens is 230 g/mol. The zero-order valence-corrected chi connectivity index (χ0v) is 11.0. The maximum atomic E-state index is 12.1. The highest BCUT2D eigenvalue weighted by Crippen LogP contribution is 2.46. The number of nitrogens with two attached hydrogens (primary N) is 1. The summed E-state index contributed by atoms with van der Waals surface area (Å²) in [6, 6.07) is 0. The van der Waals surface area contributed by atoms with Crippen molar-refractivity contribution in [3.63, 3.8) is 0 Å². The molecule has 102 valence electrons. The standard InChI is InChI=1S/C13H23N3O2/c1-9-3-2-4-10(7-9)8-15-12(17)13(5-6-13)11(14)16-18/h9-10,18H,2-8H2,1H3,(H2,14,16)(H,15,17). The lowest BCUT2D eigenvalue weighted by Gasteiger charge is -2.27. The third kappa shape index (κ3) is 2.60. The molecule has 1 amide bonds. The zero-order valence-electron chi connectivity index (χ0n) is 11.0. The average Bonchev–Trinajstić information content (AvgIpc) is 3.16. The lowest BCUT2D eigenvalue weighted by Crippen LogP contribution is -2.42. The van der Waals surface area contributed by atoms with Gasteiger partial charge >= 0.3 is 0 Å². The van der Waals surface area contributed by atoms with Crippen molar-refractivity contribution in [2.75, 3.05) is 6.54 Å². The van der Waals surface area contributed by atoms with Gasteiger partial charge in [-0.25, -0.2) is 0 Å². The van der Waals surface area contributed by atoms with Crippen molar-refractivity contribution in [1.29, 1.82) is 0 Å². The van der Waals surface area contributed by atoms with E-state index in [1.165, 1.54) is 25.7 Å². The smallest absolute Gasteiger partial charge is 0.233 e. The van der Waals surface area contributed by atoms with Crippen LogP contribution < -0.4 is 11.1 Å². The molecule has 5 heteroatoms. The van der Waals surface area contributed by atoms with Crippen LogP contribution in [0.15, 0.2) is 5.16 Å². The number of oxime groups is 1. The number of nitrogens with one attached hydrogen (secondary N) is 1. The summed E-state index contributed by atoms with van der Waals surface area (Å²) in [6.07, 6.45) is 6.33. The molecule has 2 saturated carbocycles. The van der Waals surface area contributed by atoms with Crippen molar-refractivity contribution in [1.82, 2.24) is 5.32 Å². The summed E-state index contributed by atoms with van der Waals surface area (Å²) < 4.78 is 0. The van der Waals surface area contributed by atoms with E-state index in [1.54, 1.807) is 0 Å². The fourth-order valence-corrected chi connectivity index (χ4v) is 2.97. The fraction of sp³-hybridized carbons (Fsp3) is 0.846. The second-order valence-electron chi connectivity index (χ2n) is 5.92. The van der Waals surface area contributed by atoms with E-state index < -0.39 is 5.41 Å². The fourth-order valence-electron chi connectivity index (χ4n) is 2.97. The van der Waals surface area contributed by atoms with Crippen LogP contribution in [0.3, 0.4) is 0 Å². The monoisotopic (exact) mass is 253 g/mol. The van der Waals surface area contributed by atoms with Crippen molar-refractivity contribution in [3.8, 4) is 0 Å². The van der Waals surface area contributed by atoms with E-state index in [9.17, 15) is 4.79 Å². The van der Waals surface area contributed by atoms with Gasteiger partial charge in [-0.2, -0.15) is 0 Å². The van der Waals surface area contributed by atoms with Gasteiger partial charge in [-0.1, -0.05) is 24.9 Å². The van der Waals surface area contributed by atoms with Crippen LogP contribution in [0.1, 0.15) is 45.4 Å². The lowest BCUT2D eigenvalue weighted by atomic mass is 9.82. The van der Waals surface area contributed by atoms with E-state index >= 15 is 0 Å².